The van der Waals surface area contributed by atoms with Gasteiger partial charge in [-0.25, -0.2) is 8.42 Å². The third-order valence-electron chi connectivity index (χ3n) is 7.23. The second-order valence-corrected chi connectivity index (χ2v) is 14.2. The molecule has 4 aromatic carbocycles. The Kier molecular flexibility index (Phi) is 12.4. The molecule has 12 heteroatoms. The van der Waals surface area contributed by atoms with E-state index in [9.17, 15) is 18.0 Å². The molecule has 1 atom stereocenters. The zero-order chi connectivity index (χ0) is 33.4. The van der Waals surface area contributed by atoms with Gasteiger partial charge in [0.05, 0.1) is 10.6 Å². The van der Waals surface area contributed by atoms with E-state index in [-0.39, 0.29) is 33.6 Å². The number of rotatable bonds is 13. The maximum atomic E-state index is 14.6. The quantitative estimate of drug-likeness (QED) is 0.152. The fraction of sp³-hybridized carbons (Fsp3) is 0.235. The van der Waals surface area contributed by atoms with Gasteiger partial charge in [0.25, 0.3) is 10.0 Å². The van der Waals surface area contributed by atoms with Gasteiger partial charge in [0.2, 0.25) is 11.8 Å². The summed E-state index contributed by atoms with van der Waals surface area (Å²) in [4.78, 5) is 29.6. The zero-order valence-electron chi connectivity index (χ0n) is 25.2. The Morgan fingerprint density at radius 1 is 0.826 bits per heavy atom. The summed E-state index contributed by atoms with van der Waals surface area (Å²) in [5.41, 5.74) is 2.15. The van der Waals surface area contributed by atoms with Crippen molar-refractivity contribution < 1.29 is 18.0 Å². The van der Waals surface area contributed by atoms with Gasteiger partial charge in [0.15, 0.2) is 0 Å². The van der Waals surface area contributed by atoms with Gasteiger partial charge in [-0.05, 0) is 61.4 Å². The highest BCUT2D eigenvalue weighted by Gasteiger charge is 2.35. The molecule has 4 rings (SSSR count). The monoisotopic (exact) mass is 719 g/mol. The highest BCUT2D eigenvalue weighted by molar-refractivity contribution is 7.92. The standard InChI is InChI=1S/C34H33Cl4N3O4S/c1-3-16-39-34(43)32(17-24-8-5-4-6-9-24)40(21-29-30(37)10-7-11-31(29)38)33(42)22-41(27-19-25(35)18-26(36)20-27)46(44,45)28-14-12-23(2)13-15-28/h4-15,18-20,32H,3,16-17,21-22H2,1-2H3,(H,39,43)/t32-/m1/s1. The summed E-state index contributed by atoms with van der Waals surface area (Å²) >= 11 is 25.7. The van der Waals surface area contributed by atoms with Crippen LogP contribution in [0.25, 0.3) is 0 Å². The first kappa shape index (κ1) is 35.6. The van der Waals surface area contributed by atoms with Crippen molar-refractivity contribution in [3.63, 3.8) is 0 Å². The molecule has 4 aromatic rings. The lowest BCUT2D eigenvalue weighted by molar-refractivity contribution is -0.140. The topological polar surface area (TPSA) is 86.8 Å². The molecule has 0 radical (unpaired) electrons. The maximum Gasteiger partial charge on any atom is 0.264 e. The minimum Gasteiger partial charge on any atom is -0.354 e. The van der Waals surface area contributed by atoms with Crippen LogP contribution in [0.5, 0.6) is 0 Å². The van der Waals surface area contributed by atoms with Crippen LogP contribution in [0.2, 0.25) is 20.1 Å². The number of hydrogen-bond acceptors (Lipinski definition) is 4. The molecule has 0 heterocycles. The summed E-state index contributed by atoms with van der Waals surface area (Å²) < 4.78 is 29.3. The number of sulfonamides is 1. The third-order valence-corrected chi connectivity index (χ3v) is 10.2. The molecule has 0 aromatic heterocycles. The van der Waals surface area contributed by atoms with E-state index in [1.807, 2.05) is 44.2 Å². The highest BCUT2D eigenvalue weighted by atomic mass is 35.5. The number of carbonyl (C=O) groups is 2. The fourth-order valence-corrected chi connectivity index (χ4v) is 7.25. The zero-order valence-corrected chi connectivity index (χ0v) is 29.1. The molecule has 7 nitrogen and oxygen atoms in total. The molecule has 2 amide bonds. The van der Waals surface area contributed by atoms with E-state index < -0.39 is 34.4 Å². The van der Waals surface area contributed by atoms with E-state index in [1.165, 1.54) is 35.2 Å². The van der Waals surface area contributed by atoms with Crippen LogP contribution in [-0.4, -0.2) is 44.3 Å². The molecule has 0 bridgehead atoms. The average molecular weight is 722 g/mol. The third kappa shape index (κ3) is 8.96. The highest BCUT2D eigenvalue weighted by Crippen LogP contribution is 2.31. The van der Waals surface area contributed by atoms with Gasteiger partial charge in [-0.3, -0.25) is 13.9 Å². The maximum absolute atomic E-state index is 14.6. The first-order valence-electron chi connectivity index (χ1n) is 14.5. The molecule has 46 heavy (non-hydrogen) atoms. The number of halogens is 4. The van der Waals surface area contributed by atoms with Crippen molar-refractivity contribution in [3.8, 4) is 0 Å². The van der Waals surface area contributed by atoms with Crippen LogP contribution in [0, 0.1) is 6.92 Å². The Balaban J connectivity index is 1.85. The Morgan fingerprint density at radius 3 is 2.02 bits per heavy atom. The number of amides is 2. The van der Waals surface area contributed by atoms with E-state index in [4.69, 9.17) is 46.4 Å². The van der Waals surface area contributed by atoms with Gasteiger partial charge in [0, 0.05) is 45.2 Å². The van der Waals surface area contributed by atoms with Crippen molar-refractivity contribution >= 4 is 73.9 Å². The normalized spacial score (nSPS) is 12.0. The molecule has 0 spiro atoms. The molecule has 242 valence electrons. The lowest BCUT2D eigenvalue weighted by Crippen LogP contribution is -2.53. The van der Waals surface area contributed by atoms with Crippen LogP contribution in [0.1, 0.15) is 30.0 Å². The summed E-state index contributed by atoms with van der Waals surface area (Å²) in [7, 11) is -4.33. The van der Waals surface area contributed by atoms with Crippen molar-refractivity contribution in [3.05, 3.63) is 128 Å². The minimum absolute atomic E-state index is 0.0378. The summed E-state index contributed by atoms with van der Waals surface area (Å²) in [6.07, 6.45) is 0.823. The van der Waals surface area contributed by atoms with Crippen LogP contribution in [0.4, 0.5) is 5.69 Å². The summed E-state index contributed by atoms with van der Waals surface area (Å²) in [5, 5.41) is 3.85. The van der Waals surface area contributed by atoms with Crippen molar-refractivity contribution in [2.45, 2.75) is 44.2 Å². The number of anilines is 1. The van der Waals surface area contributed by atoms with Crippen molar-refractivity contribution in [1.82, 2.24) is 10.2 Å². The number of nitrogens with zero attached hydrogens (tertiary/aromatic N) is 2. The summed E-state index contributed by atoms with van der Waals surface area (Å²) in [5.74, 6) is -1.07. The van der Waals surface area contributed by atoms with Gasteiger partial charge in [0.1, 0.15) is 12.6 Å². The van der Waals surface area contributed by atoms with Crippen LogP contribution in [0.15, 0.2) is 95.9 Å². The number of carbonyl (C=O) groups excluding carboxylic acids is 2. The molecule has 0 saturated carbocycles. The first-order valence-corrected chi connectivity index (χ1v) is 17.5. The smallest absolute Gasteiger partial charge is 0.264 e. The Hall–Kier alpha value is -3.27. The van der Waals surface area contributed by atoms with Crippen molar-refractivity contribution in [1.29, 1.82) is 0 Å². The van der Waals surface area contributed by atoms with Gasteiger partial charge < -0.3 is 10.2 Å². The molecule has 0 fully saturated rings. The van der Waals surface area contributed by atoms with E-state index in [0.29, 0.717) is 28.6 Å². The van der Waals surface area contributed by atoms with E-state index in [1.54, 1.807) is 30.3 Å². The van der Waals surface area contributed by atoms with Gasteiger partial charge >= 0.3 is 0 Å². The van der Waals surface area contributed by atoms with Crippen LogP contribution < -0.4 is 9.62 Å². The molecule has 0 saturated heterocycles. The molecule has 0 aliphatic carbocycles. The number of benzene rings is 4. The number of nitrogens with one attached hydrogen (secondary N) is 1. The first-order chi connectivity index (χ1) is 21.9. The van der Waals surface area contributed by atoms with E-state index in [0.717, 1.165) is 15.4 Å². The van der Waals surface area contributed by atoms with Crippen molar-refractivity contribution in [2.75, 3.05) is 17.4 Å². The summed E-state index contributed by atoms with van der Waals surface area (Å²) in [6.45, 7) is 3.30. The van der Waals surface area contributed by atoms with E-state index in [2.05, 4.69) is 5.32 Å². The lowest BCUT2D eigenvalue weighted by Gasteiger charge is -2.34. The number of aryl methyl sites for hydroxylation is 1. The number of hydrogen-bond donors (Lipinski definition) is 1. The molecule has 1 N–H and O–H groups in total. The van der Waals surface area contributed by atoms with Gasteiger partial charge in [-0.15, -0.1) is 0 Å². The Bertz CT molecular complexity index is 1750. The molecular weight excluding hydrogens is 688 g/mol. The molecule has 0 aliphatic rings. The van der Waals surface area contributed by atoms with Crippen LogP contribution in [0.3, 0.4) is 0 Å². The van der Waals surface area contributed by atoms with Crippen LogP contribution in [-0.2, 0) is 32.6 Å². The Morgan fingerprint density at radius 2 is 1.43 bits per heavy atom. The predicted octanol–water partition coefficient (Wildman–Crippen LogP) is 7.97. The summed E-state index contributed by atoms with van der Waals surface area (Å²) in [6, 6.07) is 23.7. The second kappa shape index (κ2) is 16.0. The minimum atomic E-state index is -4.33. The fourth-order valence-electron chi connectivity index (χ4n) is 4.82. The van der Waals surface area contributed by atoms with Gasteiger partial charge in [-0.2, -0.15) is 0 Å². The SMILES string of the molecule is CCCNC(=O)[C@@H](Cc1ccccc1)N(Cc1c(Cl)cccc1Cl)C(=O)CN(c1cc(Cl)cc(Cl)c1)S(=O)(=O)c1ccc(C)cc1. The van der Waals surface area contributed by atoms with Gasteiger partial charge in [-0.1, -0.05) is 107 Å². The predicted molar refractivity (Wildman–Crippen MR) is 186 cm³/mol. The largest absolute Gasteiger partial charge is 0.354 e. The molecule has 0 unspecified atom stereocenters. The van der Waals surface area contributed by atoms with Crippen LogP contribution >= 0.6 is 46.4 Å². The molecule has 0 aliphatic heterocycles. The lowest BCUT2D eigenvalue weighted by atomic mass is 10.0. The Labute approximate surface area is 290 Å². The molecular formula is C34H33Cl4N3O4S. The average Bonchev–Trinajstić information content (AvgIpc) is 3.01. The second-order valence-electron chi connectivity index (χ2n) is 10.7. The van der Waals surface area contributed by atoms with E-state index >= 15 is 0 Å². The van der Waals surface area contributed by atoms with Crippen molar-refractivity contribution in [2.24, 2.45) is 0 Å².